The van der Waals surface area contributed by atoms with Gasteiger partial charge < -0.3 is 25.2 Å². The van der Waals surface area contributed by atoms with Crippen molar-refractivity contribution in [2.45, 2.75) is 25.5 Å². The highest BCUT2D eigenvalue weighted by atomic mass is 32.2. The minimum Gasteiger partial charge on any atom is -0.394 e. The van der Waals surface area contributed by atoms with E-state index >= 15 is 0 Å². The van der Waals surface area contributed by atoms with Crippen LogP contribution in [-0.2, 0) is 4.79 Å². The number of aliphatic hydroxyl groups excluding tert-OH is 2. The predicted molar refractivity (Wildman–Crippen MR) is 83.1 cm³/mol. The molecule has 2 unspecified atom stereocenters. The van der Waals surface area contributed by atoms with Crippen molar-refractivity contribution >= 4 is 34.8 Å². The highest BCUT2D eigenvalue weighted by Crippen LogP contribution is 2.18. The van der Waals surface area contributed by atoms with Crippen LogP contribution in [0.5, 0.6) is 0 Å². The number of hydrogen-bond donors (Lipinski definition) is 5. The van der Waals surface area contributed by atoms with E-state index in [1.807, 2.05) is 0 Å². The second-order valence-electron chi connectivity index (χ2n) is 4.71. The standard InChI is InChI=1S/C12H18N6O3S/c1-7(20)17-8(3-19)2-9(21)4-22-18-12-10-11(14-5-13-10)15-6-16-12/h5-6,8-9,19,21H,2-4H2,1H3,(H,17,20)(H2,13,14,15,16,18). The van der Waals surface area contributed by atoms with Gasteiger partial charge in [-0.15, -0.1) is 0 Å². The van der Waals surface area contributed by atoms with Crippen LogP contribution in [0.1, 0.15) is 13.3 Å². The number of imidazole rings is 1. The van der Waals surface area contributed by atoms with Crippen LogP contribution >= 0.6 is 11.9 Å². The molecule has 0 aliphatic carbocycles. The van der Waals surface area contributed by atoms with Gasteiger partial charge in [0.15, 0.2) is 11.5 Å². The van der Waals surface area contributed by atoms with Crippen LogP contribution in [0, 0.1) is 0 Å². The lowest BCUT2D eigenvalue weighted by molar-refractivity contribution is -0.120. The molecule has 0 spiro atoms. The molecule has 1 amide bonds. The molecule has 5 N–H and O–H groups in total. The Morgan fingerprint density at radius 3 is 3.00 bits per heavy atom. The van der Waals surface area contributed by atoms with Gasteiger partial charge in [0, 0.05) is 12.7 Å². The van der Waals surface area contributed by atoms with Crippen LogP contribution in [0.4, 0.5) is 5.82 Å². The minimum absolute atomic E-state index is 0.213. The summed E-state index contributed by atoms with van der Waals surface area (Å²) in [6, 6.07) is -0.452. The van der Waals surface area contributed by atoms with Gasteiger partial charge in [-0.25, -0.2) is 15.0 Å². The first kappa shape index (κ1) is 16.5. The predicted octanol–water partition coefficient (Wildman–Crippen LogP) is -0.339. The summed E-state index contributed by atoms with van der Waals surface area (Å²) in [5.41, 5.74) is 1.25. The van der Waals surface area contributed by atoms with Crippen molar-refractivity contribution in [1.29, 1.82) is 0 Å². The molecule has 0 fully saturated rings. The number of anilines is 1. The van der Waals surface area contributed by atoms with E-state index in [4.69, 9.17) is 5.11 Å². The molecule has 2 heterocycles. The zero-order chi connectivity index (χ0) is 15.9. The number of hydrogen-bond acceptors (Lipinski definition) is 8. The Hall–Kier alpha value is -1.91. The smallest absolute Gasteiger partial charge is 0.217 e. The molecule has 22 heavy (non-hydrogen) atoms. The quantitative estimate of drug-likeness (QED) is 0.416. The summed E-state index contributed by atoms with van der Waals surface area (Å²) in [5.74, 6) is 0.718. The lowest BCUT2D eigenvalue weighted by atomic mass is 10.1. The Bertz CT molecular complexity index is 622. The summed E-state index contributed by atoms with van der Waals surface area (Å²) in [6.45, 7) is 1.16. The van der Waals surface area contributed by atoms with Crippen molar-refractivity contribution in [3.05, 3.63) is 12.7 Å². The van der Waals surface area contributed by atoms with E-state index < -0.39 is 12.1 Å². The third kappa shape index (κ3) is 4.55. The van der Waals surface area contributed by atoms with Crippen molar-refractivity contribution < 1.29 is 15.0 Å². The Balaban J connectivity index is 1.80. The molecule has 9 nitrogen and oxygen atoms in total. The molecular formula is C12H18N6O3S. The zero-order valence-corrected chi connectivity index (χ0v) is 12.8. The van der Waals surface area contributed by atoms with Gasteiger partial charge in [0.05, 0.1) is 25.1 Å². The molecule has 0 bridgehead atoms. The SMILES string of the molecule is CC(=O)NC(CO)CC(O)CSNc1ncnc2nc[nH]c12. The number of carbonyl (C=O) groups excluding carboxylic acids is 1. The van der Waals surface area contributed by atoms with Gasteiger partial charge in [0.2, 0.25) is 5.91 Å². The summed E-state index contributed by atoms with van der Waals surface area (Å²) >= 11 is 1.27. The maximum Gasteiger partial charge on any atom is 0.217 e. The Kier molecular flexibility index (Phi) is 5.92. The van der Waals surface area contributed by atoms with Crippen LogP contribution in [-0.4, -0.2) is 60.6 Å². The molecule has 0 aliphatic heterocycles. The highest BCUT2D eigenvalue weighted by molar-refractivity contribution is 8.00. The van der Waals surface area contributed by atoms with Gasteiger partial charge in [-0.3, -0.25) is 4.79 Å². The summed E-state index contributed by atoms with van der Waals surface area (Å²) in [5, 5.41) is 21.7. The molecule has 2 aromatic heterocycles. The number of fused-ring (bicyclic) bond motifs is 1. The Morgan fingerprint density at radius 1 is 1.45 bits per heavy atom. The maximum atomic E-state index is 10.9. The monoisotopic (exact) mass is 326 g/mol. The number of H-pyrrole nitrogens is 1. The van der Waals surface area contributed by atoms with Gasteiger partial charge in [0.25, 0.3) is 0 Å². The third-order valence-corrected chi connectivity index (χ3v) is 3.74. The van der Waals surface area contributed by atoms with Crippen LogP contribution in [0.15, 0.2) is 12.7 Å². The van der Waals surface area contributed by atoms with E-state index in [0.29, 0.717) is 22.7 Å². The number of aromatic nitrogens is 4. The first-order valence-corrected chi connectivity index (χ1v) is 7.66. The van der Waals surface area contributed by atoms with E-state index in [9.17, 15) is 9.90 Å². The van der Waals surface area contributed by atoms with Gasteiger partial charge in [-0.05, 0) is 18.4 Å². The summed E-state index contributed by atoms with van der Waals surface area (Å²) < 4.78 is 3.02. The van der Waals surface area contributed by atoms with E-state index in [0.717, 1.165) is 0 Å². The largest absolute Gasteiger partial charge is 0.394 e. The molecule has 2 atom stereocenters. The lowest BCUT2D eigenvalue weighted by Crippen LogP contribution is -2.39. The molecular weight excluding hydrogens is 308 g/mol. The van der Waals surface area contributed by atoms with E-state index in [-0.39, 0.29) is 18.9 Å². The third-order valence-electron chi connectivity index (χ3n) is 2.85. The molecule has 0 saturated carbocycles. The van der Waals surface area contributed by atoms with Crippen LogP contribution in [0.3, 0.4) is 0 Å². The highest BCUT2D eigenvalue weighted by Gasteiger charge is 2.15. The number of rotatable bonds is 8. The molecule has 0 radical (unpaired) electrons. The van der Waals surface area contributed by atoms with Crippen LogP contribution in [0.25, 0.3) is 11.2 Å². The minimum atomic E-state index is -0.680. The van der Waals surface area contributed by atoms with Crippen molar-refractivity contribution in [3.8, 4) is 0 Å². The average Bonchev–Trinajstić information content (AvgIpc) is 2.95. The average molecular weight is 326 g/mol. The van der Waals surface area contributed by atoms with Gasteiger partial charge >= 0.3 is 0 Å². The fraction of sp³-hybridized carbons (Fsp3) is 0.500. The molecule has 10 heteroatoms. The van der Waals surface area contributed by atoms with Crippen molar-refractivity contribution in [2.24, 2.45) is 0 Å². The first-order chi connectivity index (χ1) is 10.6. The number of aromatic amines is 1. The second-order valence-corrected chi connectivity index (χ2v) is 5.53. The fourth-order valence-electron chi connectivity index (χ4n) is 1.91. The second kappa shape index (κ2) is 7.92. The molecule has 0 aromatic carbocycles. The van der Waals surface area contributed by atoms with Gasteiger partial charge in [-0.2, -0.15) is 0 Å². The molecule has 0 aliphatic rings. The van der Waals surface area contributed by atoms with Crippen LogP contribution < -0.4 is 10.0 Å². The molecule has 120 valence electrons. The Morgan fingerprint density at radius 2 is 2.27 bits per heavy atom. The number of carbonyl (C=O) groups is 1. The Labute approximate surface area is 131 Å². The van der Waals surface area contributed by atoms with E-state index in [1.165, 1.54) is 31.5 Å². The maximum absolute atomic E-state index is 10.9. The van der Waals surface area contributed by atoms with Crippen molar-refractivity contribution in [3.63, 3.8) is 0 Å². The zero-order valence-electron chi connectivity index (χ0n) is 12.0. The topological polar surface area (TPSA) is 136 Å². The number of aliphatic hydroxyl groups is 2. The van der Waals surface area contributed by atoms with Crippen molar-refractivity contribution in [2.75, 3.05) is 17.1 Å². The number of nitrogens with one attached hydrogen (secondary N) is 3. The number of amides is 1. The lowest BCUT2D eigenvalue weighted by Gasteiger charge is -2.18. The van der Waals surface area contributed by atoms with Gasteiger partial charge in [-0.1, -0.05) is 0 Å². The van der Waals surface area contributed by atoms with Crippen LogP contribution in [0.2, 0.25) is 0 Å². The fourth-order valence-corrected chi connectivity index (χ4v) is 2.61. The van der Waals surface area contributed by atoms with E-state index in [2.05, 4.69) is 30.0 Å². The summed E-state index contributed by atoms with van der Waals surface area (Å²) in [6.07, 6.45) is 2.53. The number of nitrogens with zero attached hydrogens (tertiary/aromatic N) is 3. The summed E-state index contributed by atoms with van der Waals surface area (Å²) in [7, 11) is 0. The summed E-state index contributed by atoms with van der Waals surface area (Å²) in [4.78, 5) is 26.0. The normalized spacial score (nSPS) is 13.8. The first-order valence-electron chi connectivity index (χ1n) is 6.68. The molecule has 2 aromatic rings. The van der Waals surface area contributed by atoms with Crippen molar-refractivity contribution in [1.82, 2.24) is 25.3 Å². The van der Waals surface area contributed by atoms with Gasteiger partial charge in [0.1, 0.15) is 11.8 Å². The van der Waals surface area contributed by atoms with E-state index in [1.54, 1.807) is 0 Å². The molecule has 0 saturated heterocycles. The molecule has 2 rings (SSSR count).